The Morgan fingerprint density at radius 2 is 1.91 bits per heavy atom. The van der Waals surface area contributed by atoms with E-state index in [0.29, 0.717) is 23.2 Å². The van der Waals surface area contributed by atoms with Gasteiger partial charge in [0.1, 0.15) is 0 Å². The van der Waals surface area contributed by atoms with E-state index in [1.807, 2.05) is 12.1 Å². The van der Waals surface area contributed by atoms with Gasteiger partial charge in [-0.05, 0) is 41.8 Å². The minimum Gasteiger partial charge on any atom is -0.390 e. The molecule has 0 heterocycles. The molecule has 4 nitrogen and oxygen atoms in total. The van der Waals surface area contributed by atoms with Crippen LogP contribution in [0.1, 0.15) is 27.5 Å². The van der Waals surface area contributed by atoms with E-state index in [1.165, 1.54) is 11.1 Å². The van der Waals surface area contributed by atoms with E-state index in [2.05, 4.69) is 22.8 Å². The summed E-state index contributed by atoms with van der Waals surface area (Å²) in [4.78, 5) is 11.9. The van der Waals surface area contributed by atoms with Crippen LogP contribution in [0, 0.1) is 0 Å². The van der Waals surface area contributed by atoms with E-state index in [0.717, 1.165) is 6.42 Å². The van der Waals surface area contributed by atoms with E-state index in [-0.39, 0.29) is 12.5 Å². The summed E-state index contributed by atoms with van der Waals surface area (Å²) in [5.74, 6) is -0.213. The topological polar surface area (TPSA) is 61.4 Å². The van der Waals surface area contributed by atoms with Gasteiger partial charge in [-0.3, -0.25) is 4.79 Å². The number of benzene rings is 2. The molecule has 0 saturated heterocycles. The van der Waals surface area contributed by atoms with E-state index < -0.39 is 6.10 Å². The molecule has 2 aromatic rings. The molecule has 1 aliphatic rings. The molecule has 0 fully saturated rings. The van der Waals surface area contributed by atoms with Gasteiger partial charge in [0.25, 0.3) is 5.91 Å². The molecule has 0 spiro atoms. The minimum atomic E-state index is -0.626. The molecule has 2 aromatic carbocycles. The lowest BCUT2D eigenvalue weighted by atomic mass is 9.83. The summed E-state index contributed by atoms with van der Waals surface area (Å²) < 4.78 is 0. The van der Waals surface area contributed by atoms with Crippen LogP contribution in [0.4, 0.5) is 0 Å². The Hall–Kier alpha value is -1.88. The van der Waals surface area contributed by atoms with Crippen molar-refractivity contribution < 1.29 is 9.90 Å². The third-order valence-electron chi connectivity index (χ3n) is 4.06. The lowest BCUT2D eigenvalue weighted by Gasteiger charge is -2.31. The quantitative estimate of drug-likeness (QED) is 0.761. The summed E-state index contributed by atoms with van der Waals surface area (Å²) in [5.41, 5.74) is 3.18. The summed E-state index contributed by atoms with van der Waals surface area (Å²) in [6.07, 6.45) is 0.360. The first kappa shape index (κ1) is 16.0. The van der Waals surface area contributed by atoms with Crippen LogP contribution in [-0.4, -0.2) is 30.2 Å². The van der Waals surface area contributed by atoms with Crippen LogP contribution in [0.15, 0.2) is 48.5 Å². The highest BCUT2D eigenvalue weighted by Gasteiger charge is 2.25. The van der Waals surface area contributed by atoms with Crippen molar-refractivity contribution in [3.63, 3.8) is 0 Å². The molecule has 1 aliphatic carbocycles. The predicted octanol–water partition coefficient (Wildman–Crippen LogP) is 2.32. The van der Waals surface area contributed by atoms with Crippen molar-refractivity contribution >= 4 is 17.5 Å². The summed E-state index contributed by atoms with van der Waals surface area (Å²) in [6.45, 7) is 0.655. The van der Waals surface area contributed by atoms with E-state index in [1.54, 1.807) is 24.3 Å². The average molecular weight is 331 g/mol. The number of hydrogen-bond donors (Lipinski definition) is 3. The maximum absolute atomic E-state index is 11.9. The average Bonchev–Trinajstić information content (AvgIpc) is 2.54. The monoisotopic (exact) mass is 330 g/mol. The summed E-state index contributed by atoms with van der Waals surface area (Å²) in [7, 11) is 0. The number of carbonyl (C=O) groups excluding carboxylic acids is 1. The lowest BCUT2D eigenvalue weighted by Crippen LogP contribution is -2.41. The molecule has 23 heavy (non-hydrogen) atoms. The van der Waals surface area contributed by atoms with Crippen molar-refractivity contribution in [2.75, 3.05) is 13.1 Å². The number of rotatable bonds is 6. The fourth-order valence-corrected chi connectivity index (χ4v) is 2.83. The number of nitrogens with one attached hydrogen (secondary N) is 2. The third kappa shape index (κ3) is 3.91. The van der Waals surface area contributed by atoms with Crippen LogP contribution < -0.4 is 10.6 Å². The third-order valence-corrected chi connectivity index (χ3v) is 4.31. The van der Waals surface area contributed by atoms with Crippen LogP contribution in [0.25, 0.3) is 0 Å². The maximum Gasteiger partial charge on any atom is 0.251 e. The van der Waals surface area contributed by atoms with Gasteiger partial charge in [-0.1, -0.05) is 35.9 Å². The van der Waals surface area contributed by atoms with Crippen LogP contribution >= 0.6 is 11.6 Å². The first-order chi connectivity index (χ1) is 11.1. The van der Waals surface area contributed by atoms with Crippen LogP contribution in [-0.2, 0) is 6.42 Å². The molecule has 0 bridgehead atoms. The van der Waals surface area contributed by atoms with Gasteiger partial charge in [-0.15, -0.1) is 0 Å². The zero-order valence-corrected chi connectivity index (χ0v) is 13.4. The highest BCUT2D eigenvalue weighted by Crippen LogP contribution is 2.32. The smallest absolute Gasteiger partial charge is 0.251 e. The second-order valence-corrected chi connectivity index (χ2v) is 6.17. The van der Waals surface area contributed by atoms with Crippen molar-refractivity contribution in [1.82, 2.24) is 10.6 Å². The zero-order chi connectivity index (χ0) is 16.2. The molecule has 1 amide bonds. The van der Waals surface area contributed by atoms with Gasteiger partial charge in [-0.2, -0.15) is 0 Å². The Bertz CT molecular complexity index is 688. The lowest BCUT2D eigenvalue weighted by molar-refractivity contribution is 0.0913. The molecular weight excluding hydrogens is 312 g/mol. The van der Waals surface area contributed by atoms with Crippen molar-refractivity contribution in [2.24, 2.45) is 0 Å². The number of amides is 1. The van der Waals surface area contributed by atoms with Gasteiger partial charge in [0.05, 0.1) is 6.10 Å². The molecule has 5 heteroatoms. The van der Waals surface area contributed by atoms with Crippen LogP contribution in [0.5, 0.6) is 0 Å². The van der Waals surface area contributed by atoms with E-state index in [9.17, 15) is 9.90 Å². The zero-order valence-electron chi connectivity index (χ0n) is 12.6. The molecule has 120 valence electrons. The Morgan fingerprint density at radius 1 is 1.17 bits per heavy atom. The molecule has 2 unspecified atom stereocenters. The minimum absolute atomic E-state index is 0.211. The Balaban J connectivity index is 1.41. The number of hydrogen-bond acceptors (Lipinski definition) is 3. The van der Waals surface area contributed by atoms with Crippen LogP contribution in [0.2, 0.25) is 5.02 Å². The summed E-state index contributed by atoms with van der Waals surface area (Å²) >= 11 is 5.79. The van der Waals surface area contributed by atoms with Gasteiger partial charge in [-0.25, -0.2) is 0 Å². The van der Waals surface area contributed by atoms with Gasteiger partial charge in [0, 0.05) is 29.7 Å². The van der Waals surface area contributed by atoms with Gasteiger partial charge >= 0.3 is 0 Å². The van der Waals surface area contributed by atoms with Crippen molar-refractivity contribution in [1.29, 1.82) is 0 Å². The molecule has 0 saturated carbocycles. The number of carbonyl (C=O) groups is 1. The van der Waals surface area contributed by atoms with Crippen molar-refractivity contribution in [3.8, 4) is 0 Å². The van der Waals surface area contributed by atoms with Crippen LogP contribution in [0.3, 0.4) is 0 Å². The summed E-state index contributed by atoms with van der Waals surface area (Å²) in [5, 5.41) is 16.6. The Morgan fingerprint density at radius 3 is 2.65 bits per heavy atom. The molecular formula is C18H19ClN2O2. The van der Waals surface area contributed by atoms with Crippen molar-refractivity contribution in [2.45, 2.75) is 18.6 Å². The van der Waals surface area contributed by atoms with Gasteiger partial charge in [0.15, 0.2) is 0 Å². The highest BCUT2D eigenvalue weighted by atomic mass is 35.5. The van der Waals surface area contributed by atoms with Gasteiger partial charge < -0.3 is 15.7 Å². The maximum atomic E-state index is 11.9. The highest BCUT2D eigenvalue weighted by molar-refractivity contribution is 6.30. The summed E-state index contributed by atoms with van der Waals surface area (Å²) in [6, 6.07) is 15.2. The SMILES string of the molecule is O=C(NCC(O)CNC1Cc2ccccc21)c1ccc(Cl)cc1. The molecule has 2 atom stereocenters. The largest absolute Gasteiger partial charge is 0.390 e. The fraction of sp³-hybridized carbons (Fsp3) is 0.278. The van der Waals surface area contributed by atoms with Gasteiger partial charge in [0.2, 0.25) is 0 Å². The first-order valence-electron chi connectivity index (χ1n) is 7.66. The molecule has 3 N–H and O–H groups in total. The second-order valence-electron chi connectivity index (χ2n) is 5.73. The molecule has 0 aromatic heterocycles. The number of fused-ring (bicyclic) bond motifs is 1. The second kappa shape index (κ2) is 7.13. The van der Waals surface area contributed by atoms with E-state index >= 15 is 0 Å². The number of halogens is 1. The van der Waals surface area contributed by atoms with E-state index in [4.69, 9.17) is 11.6 Å². The normalized spacial score (nSPS) is 17.0. The number of aliphatic hydroxyl groups excluding tert-OH is 1. The Kier molecular flexibility index (Phi) is 4.96. The Labute approximate surface area is 140 Å². The standard InChI is InChI=1S/C18H19ClN2O2/c19-14-7-5-12(6-8-14)18(23)21-11-15(22)10-20-17-9-13-3-1-2-4-16(13)17/h1-8,15,17,20,22H,9-11H2,(H,21,23). The molecule has 0 aliphatic heterocycles. The predicted molar refractivity (Wildman–Crippen MR) is 90.7 cm³/mol. The fourth-order valence-electron chi connectivity index (χ4n) is 2.71. The molecule has 3 rings (SSSR count). The number of aliphatic hydroxyl groups is 1. The first-order valence-corrected chi connectivity index (χ1v) is 8.04. The van der Waals surface area contributed by atoms with Crippen molar-refractivity contribution in [3.05, 3.63) is 70.2 Å². The molecule has 0 radical (unpaired) electrons.